The third-order valence-corrected chi connectivity index (χ3v) is 4.25. The molecule has 2 heterocycles. The van der Waals surface area contributed by atoms with Crippen LogP contribution >= 0.6 is 15.9 Å². The van der Waals surface area contributed by atoms with E-state index in [0.717, 1.165) is 41.8 Å². The van der Waals surface area contributed by atoms with Gasteiger partial charge >= 0.3 is 0 Å². The minimum Gasteiger partial charge on any atom is -0.493 e. The van der Waals surface area contributed by atoms with Crippen molar-refractivity contribution in [2.75, 3.05) is 6.61 Å². The minimum atomic E-state index is 0.0580. The van der Waals surface area contributed by atoms with Crippen LogP contribution in [0.3, 0.4) is 0 Å². The van der Waals surface area contributed by atoms with E-state index in [1.807, 2.05) is 12.1 Å². The zero-order valence-electron chi connectivity index (χ0n) is 11.7. The molecule has 3 rings (SSSR count). The molecule has 1 aromatic carbocycles. The van der Waals surface area contributed by atoms with Gasteiger partial charge in [0.1, 0.15) is 5.75 Å². The predicted molar refractivity (Wildman–Crippen MR) is 86.0 cm³/mol. The molecular weight excluding hydrogens is 330 g/mol. The van der Waals surface area contributed by atoms with Crippen molar-refractivity contribution in [3.63, 3.8) is 0 Å². The van der Waals surface area contributed by atoms with Crippen molar-refractivity contribution in [1.29, 1.82) is 0 Å². The molecule has 2 aromatic rings. The van der Waals surface area contributed by atoms with Gasteiger partial charge in [-0.3, -0.25) is 16.3 Å². The van der Waals surface area contributed by atoms with Crippen LogP contribution in [0, 0.1) is 0 Å². The molecule has 0 amide bonds. The molecule has 0 saturated heterocycles. The zero-order chi connectivity index (χ0) is 14.7. The van der Waals surface area contributed by atoms with E-state index in [-0.39, 0.29) is 6.04 Å². The van der Waals surface area contributed by atoms with Crippen molar-refractivity contribution < 1.29 is 4.74 Å². The Morgan fingerprint density at radius 1 is 1.33 bits per heavy atom. The number of fused-ring (bicyclic) bond motifs is 1. The maximum atomic E-state index is 5.68. The number of ether oxygens (including phenoxy) is 1. The quantitative estimate of drug-likeness (QED) is 0.644. The fourth-order valence-corrected chi connectivity index (χ4v) is 2.85. The Hall–Kier alpha value is -1.43. The van der Waals surface area contributed by atoms with E-state index in [2.05, 4.69) is 44.5 Å². The Balaban J connectivity index is 1.66. The molecular formula is C16H18BrN3O. The van der Waals surface area contributed by atoms with Crippen LogP contribution in [-0.2, 0) is 12.8 Å². The van der Waals surface area contributed by atoms with Gasteiger partial charge in [0.15, 0.2) is 0 Å². The second kappa shape index (κ2) is 6.56. The normalized spacial score (nSPS) is 14.6. The number of rotatable bonds is 5. The van der Waals surface area contributed by atoms with Crippen molar-refractivity contribution in [1.82, 2.24) is 10.4 Å². The third kappa shape index (κ3) is 3.43. The Labute approximate surface area is 132 Å². The van der Waals surface area contributed by atoms with E-state index in [1.54, 1.807) is 6.20 Å². The lowest BCUT2D eigenvalue weighted by atomic mass is 10.0. The Morgan fingerprint density at radius 2 is 2.24 bits per heavy atom. The summed E-state index contributed by atoms with van der Waals surface area (Å²) in [5, 5.41) is 0. The summed E-state index contributed by atoms with van der Waals surface area (Å²) in [7, 11) is 0. The molecule has 0 saturated carbocycles. The largest absolute Gasteiger partial charge is 0.493 e. The van der Waals surface area contributed by atoms with E-state index < -0.39 is 0 Å². The standard InChI is InChI=1S/C16H18BrN3O/c17-13-3-5-14(19-10-13)15(20-18)4-1-11-2-6-16-12(9-11)7-8-21-16/h2-3,5-6,9-10,15,20H,1,4,7-8,18H2. The number of nitrogens with zero attached hydrogens (tertiary/aromatic N) is 1. The average molecular weight is 348 g/mol. The van der Waals surface area contributed by atoms with E-state index in [9.17, 15) is 0 Å². The Morgan fingerprint density at radius 3 is 3.00 bits per heavy atom. The smallest absolute Gasteiger partial charge is 0.122 e. The van der Waals surface area contributed by atoms with Crippen LogP contribution < -0.4 is 16.0 Å². The number of hydrogen-bond donors (Lipinski definition) is 2. The number of aryl methyl sites for hydroxylation is 1. The molecule has 1 atom stereocenters. The van der Waals surface area contributed by atoms with Gasteiger partial charge in [0.25, 0.3) is 0 Å². The second-order valence-corrected chi connectivity index (χ2v) is 6.12. The summed E-state index contributed by atoms with van der Waals surface area (Å²) in [5.41, 5.74) is 6.45. The first-order valence-corrected chi connectivity index (χ1v) is 7.88. The van der Waals surface area contributed by atoms with Gasteiger partial charge in [-0.05, 0) is 58.1 Å². The highest BCUT2D eigenvalue weighted by Crippen LogP contribution is 2.27. The average Bonchev–Trinajstić information content (AvgIpc) is 2.97. The molecule has 0 fully saturated rings. The van der Waals surface area contributed by atoms with Crippen LogP contribution in [-0.4, -0.2) is 11.6 Å². The SMILES string of the molecule is NNC(CCc1ccc2c(c1)CCO2)c1ccc(Br)cn1. The highest BCUT2D eigenvalue weighted by Gasteiger charge is 2.14. The predicted octanol–water partition coefficient (Wildman–Crippen LogP) is 2.92. The monoisotopic (exact) mass is 347 g/mol. The van der Waals surface area contributed by atoms with Gasteiger partial charge in [-0.25, -0.2) is 0 Å². The van der Waals surface area contributed by atoms with Crippen LogP contribution in [0.25, 0.3) is 0 Å². The van der Waals surface area contributed by atoms with Crippen LogP contribution in [0.2, 0.25) is 0 Å². The molecule has 1 aromatic heterocycles. The highest BCUT2D eigenvalue weighted by atomic mass is 79.9. The summed E-state index contributed by atoms with van der Waals surface area (Å²) in [6, 6.07) is 10.5. The van der Waals surface area contributed by atoms with Gasteiger partial charge in [0, 0.05) is 17.1 Å². The summed E-state index contributed by atoms with van der Waals surface area (Å²) in [6.07, 6.45) is 4.67. The highest BCUT2D eigenvalue weighted by molar-refractivity contribution is 9.10. The van der Waals surface area contributed by atoms with E-state index >= 15 is 0 Å². The van der Waals surface area contributed by atoms with Crippen molar-refractivity contribution in [2.45, 2.75) is 25.3 Å². The lowest BCUT2D eigenvalue weighted by Crippen LogP contribution is -2.29. The molecule has 3 N–H and O–H groups in total. The number of aromatic nitrogens is 1. The first-order chi connectivity index (χ1) is 10.3. The van der Waals surface area contributed by atoms with E-state index in [0.29, 0.717) is 0 Å². The summed E-state index contributed by atoms with van der Waals surface area (Å²) in [5.74, 6) is 6.70. The third-order valence-electron chi connectivity index (χ3n) is 3.78. The number of benzene rings is 1. The molecule has 1 aliphatic heterocycles. The van der Waals surface area contributed by atoms with Gasteiger partial charge in [0.05, 0.1) is 18.3 Å². The van der Waals surface area contributed by atoms with Gasteiger partial charge in [-0.2, -0.15) is 0 Å². The van der Waals surface area contributed by atoms with Crippen molar-refractivity contribution >= 4 is 15.9 Å². The molecule has 110 valence electrons. The summed E-state index contributed by atoms with van der Waals surface area (Å²) < 4.78 is 6.51. The van der Waals surface area contributed by atoms with Crippen LogP contribution in [0.5, 0.6) is 5.75 Å². The van der Waals surface area contributed by atoms with E-state index in [4.69, 9.17) is 10.6 Å². The van der Waals surface area contributed by atoms with Gasteiger partial charge < -0.3 is 4.74 Å². The molecule has 4 nitrogen and oxygen atoms in total. The lowest BCUT2D eigenvalue weighted by molar-refractivity contribution is 0.357. The fourth-order valence-electron chi connectivity index (χ4n) is 2.62. The van der Waals surface area contributed by atoms with Gasteiger partial charge in [-0.1, -0.05) is 12.1 Å². The topological polar surface area (TPSA) is 60.2 Å². The van der Waals surface area contributed by atoms with Crippen molar-refractivity contribution in [2.24, 2.45) is 5.84 Å². The first kappa shape index (κ1) is 14.5. The second-order valence-electron chi connectivity index (χ2n) is 5.20. The fraction of sp³-hybridized carbons (Fsp3) is 0.312. The zero-order valence-corrected chi connectivity index (χ0v) is 13.3. The molecule has 1 aliphatic rings. The van der Waals surface area contributed by atoms with Crippen molar-refractivity contribution in [3.05, 3.63) is 57.8 Å². The number of hydrogen-bond acceptors (Lipinski definition) is 4. The molecule has 0 spiro atoms. The summed E-state index contributed by atoms with van der Waals surface area (Å²) >= 11 is 3.39. The molecule has 0 bridgehead atoms. The molecule has 1 unspecified atom stereocenters. The Bertz CT molecular complexity index is 615. The number of pyridine rings is 1. The van der Waals surface area contributed by atoms with Crippen LogP contribution in [0.15, 0.2) is 41.0 Å². The first-order valence-electron chi connectivity index (χ1n) is 7.08. The van der Waals surface area contributed by atoms with Gasteiger partial charge in [0.2, 0.25) is 0 Å². The molecule has 0 aliphatic carbocycles. The number of hydrazine groups is 1. The summed E-state index contributed by atoms with van der Waals surface area (Å²) in [4.78, 5) is 4.41. The Kier molecular flexibility index (Phi) is 4.53. The van der Waals surface area contributed by atoms with Crippen LogP contribution in [0.4, 0.5) is 0 Å². The molecule has 0 radical (unpaired) electrons. The molecule has 5 heteroatoms. The van der Waals surface area contributed by atoms with Gasteiger partial charge in [-0.15, -0.1) is 0 Å². The van der Waals surface area contributed by atoms with E-state index in [1.165, 1.54) is 11.1 Å². The number of halogens is 1. The molecule has 21 heavy (non-hydrogen) atoms. The maximum Gasteiger partial charge on any atom is 0.122 e. The minimum absolute atomic E-state index is 0.0580. The summed E-state index contributed by atoms with van der Waals surface area (Å²) in [6.45, 7) is 0.800. The lowest BCUT2D eigenvalue weighted by Gasteiger charge is -2.15. The maximum absolute atomic E-state index is 5.68. The van der Waals surface area contributed by atoms with Crippen molar-refractivity contribution in [3.8, 4) is 5.75 Å². The number of nitrogens with one attached hydrogen (secondary N) is 1. The van der Waals surface area contributed by atoms with Crippen LogP contribution in [0.1, 0.15) is 29.3 Å². The number of nitrogens with two attached hydrogens (primary N) is 1.